The molecular weight excluding hydrogens is 383 g/mol. The molecule has 2 heteroatoms. The zero-order valence-corrected chi connectivity index (χ0v) is 18.1. The zero-order chi connectivity index (χ0) is 20.7. The van der Waals surface area contributed by atoms with E-state index >= 15 is 0 Å². The van der Waals surface area contributed by atoms with Gasteiger partial charge in [0.15, 0.2) is 5.76 Å². The van der Waals surface area contributed by atoms with Gasteiger partial charge in [0, 0.05) is 5.56 Å². The Bertz CT molecular complexity index is 978. The maximum absolute atomic E-state index is 6.24. The van der Waals surface area contributed by atoms with Crippen molar-refractivity contribution in [1.82, 2.24) is 0 Å². The van der Waals surface area contributed by atoms with Crippen LogP contribution < -0.4 is 15.9 Å². The highest BCUT2D eigenvalue weighted by atomic mass is 31.2. The third-order valence-corrected chi connectivity index (χ3v) is 9.12. The first-order valence-corrected chi connectivity index (χ1v) is 12.2. The Kier molecular flexibility index (Phi) is 6.42. The molecule has 0 heterocycles. The van der Waals surface area contributed by atoms with Gasteiger partial charge in [0.2, 0.25) is 0 Å². The van der Waals surface area contributed by atoms with Gasteiger partial charge in [0.05, 0.1) is 6.61 Å². The standard InChI is InChI=1S/C28H26OP/c1-2-29-28(24-15-7-3-8-16-24)23-30(25-17-9-4-10-18-25,26-19-11-5-12-20-26)27-21-13-6-14-22-27/h3-23H,2H2,1H3/q+1/b28-23+. The first kappa shape index (κ1) is 20.1. The van der Waals surface area contributed by atoms with Crippen molar-refractivity contribution in [3.8, 4) is 0 Å². The van der Waals surface area contributed by atoms with Gasteiger partial charge < -0.3 is 4.74 Å². The molecule has 0 aliphatic heterocycles. The number of benzene rings is 4. The van der Waals surface area contributed by atoms with E-state index in [1.807, 2.05) is 13.0 Å². The fourth-order valence-electron chi connectivity index (χ4n) is 3.79. The van der Waals surface area contributed by atoms with Gasteiger partial charge in [0.1, 0.15) is 29.0 Å². The van der Waals surface area contributed by atoms with Crippen molar-refractivity contribution < 1.29 is 4.74 Å². The van der Waals surface area contributed by atoms with Gasteiger partial charge in [-0.1, -0.05) is 84.9 Å². The molecule has 0 fully saturated rings. The van der Waals surface area contributed by atoms with Crippen LogP contribution in [-0.2, 0) is 4.74 Å². The number of hydrogen-bond acceptors (Lipinski definition) is 1. The van der Waals surface area contributed by atoms with Crippen LogP contribution in [0, 0.1) is 0 Å². The molecule has 1 nitrogen and oxygen atoms in total. The van der Waals surface area contributed by atoms with E-state index in [-0.39, 0.29) is 0 Å². The number of ether oxygens (including phenoxy) is 1. The van der Waals surface area contributed by atoms with E-state index < -0.39 is 7.26 Å². The lowest BCUT2D eigenvalue weighted by Crippen LogP contribution is -2.30. The minimum absolute atomic E-state index is 0.624. The van der Waals surface area contributed by atoms with E-state index in [2.05, 4.69) is 121 Å². The summed E-state index contributed by atoms with van der Waals surface area (Å²) < 4.78 is 6.24. The van der Waals surface area contributed by atoms with Crippen molar-refractivity contribution in [1.29, 1.82) is 0 Å². The van der Waals surface area contributed by atoms with Gasteiger partial charge in [-0.05, 0) is 43.3 Å². The van der Waals surface area contributed by atoms with Crippen molar-refractivity contribution in [3.05, 3.63) is 133 Å². The Balaban J connectivity index is 2.07. The lowest BCUT2D eigenvalue weighted by molar-refractivity contribution is 0.298. The van der Waals surface area contributed by atoms with Crippen molar-refractivity contribution >= 4 is 28.9 Å². The molecule has 0 aliphatic rings. The second kappa shape index (κ2) is 9.57. The summed E-state index contributed by atoms with van der Waals surface area (Å²) in [6.45, 7) is 2.67. The zero-order valence-electron chi connectivity index (χ0n) is 17.2. The van der Waals surface area contributed by atoms with Gasteiger partial charge in [-0.25, -0.2) is 0 Å². The molecule has 30 heavy (non-hydrogen) atoms. The summed E-state index contributed by atoms with van der Waals surface area (Å²) in [4.78, 5) is 0. The third kappa shape index (κ3) is 4.08. The van der Waals surface area contributed by atoms with E-state index in [0.29, 0.717) is 6.61 Å². The summed E-state index contributed by atoms with van der Waals surface area (Å²) in [6.07, 6.45) is 0. The molecule has 0 N–H and O–H groups in total. The average molecular weight is 409 g/mol. The van der Waals surface area contributed by atoms with Crippen LogP contribution in [0.3, 0.4) is 0 Å². The van der Waals surface area contributed by atoms with Crippen LogP contribution in [0.5, 0.6) is 0 Å². The topological polar surface area (TPSA) is 9.23 Å². The maximum atomic E-state index is 6.24. The van der Waals surface area contributed by atoms with Crippen LogP contribution in [0.15, 0.2) is 127 Å². The van der Waals surface area contributed by atoms with E-state index in [9.17, 15) is 0 Å². The Hall–Kier alpha value is -3.15. The maximum Gasteiger partial charge on any atom is 0.162 e. The lowest BCUT2D eigenvalue weighted by atomic mass is 10.2. The Labute approximate surface area is 180 Å². The van der Waals surface area contributed by atoms with Crippen molar-refractivity contribution in [2.24, 2.45) is 0 Å². The fourth-order valence-corrected chi connectivity index (χ4v) is 7.63. The lowest BCUT2D eigenvalue weighted by Gasteiger charge is -2.25. The number of hydrogen-bond donors (Lipinski definition) is 0. The molecule has 0 atom stereocenters. The Morgan fingerprint density at radius 2 is 0.967 bits per heavy atom. The number of rotatable bonds is 7. The minimum Gasteiger partial charge on any atom is -0.490 e. The first-order chi connectivity index (χ1) is 14.8. The average Bonchev–Trinajstić information content (AvgIpc) is 2.84. The van der Waals surface area contributed by atoms with Crippen LogP contribution in [0.25, 0.3) is 5.76 Å². The molecule has 0 amide bonds. The summed E-state index contributed by atoms with van der Waals surface area (Å²) >= 11 is 0. The van der Waals surface area contributed by atoms with E-state index in [1.165, 1.54) is 15.9 Å². The normalized spacial score (nSPS) is 11.8. The van der Waals surface area contributed by atoms with Crippen LogP contribution in [-0.4, -0.2) is 6.61 Å². The molecule has 4 aromatic carbocycles. The fraction of sp³-hybridized carbons (Fsp3) is 0.0714. The molecule has 148 valence electrons. The van der Waals surface area contributed by atoms with Gasteiger partial charge in [-0.3, -0.25) is 0 Å². The highest BCUT2D eigenvalue weighted by molar-refractivity contribution is 7.98. The molecule has 0 aromatic heterocycles. The Morgan fingerprint density at radius 1 is 0.600 bits per heavy atom. The molecule has 0 spiro atoms. The van der Waals surface area contributed by atoms with Crippen LogP contribution in [0.2, 0.25) is 0 Å². The monoisotopic (exact) mass is 409 g/mol. The summed E-state index contributed by atoms with van der Waals surface area (Å²) in [5.41, 5.74) is 1.10. The minimum atomic E-state index is -2.09. The molecular formula is C28H26OP+. The predicted octanol–water partition coefficient (Wildman–Crippen LogP) is 6.02. The molecule has 0 bridgehead atoms. The van der Waals surface area contributed by atoms with E-state index in [4.69, 9.17) is 4.74 Å². The van der Waals surface area contributed by atoms with E-state index in [1.54, 1.807) is 0 Å². The van der Waals surface area contributed by atoms with Gasteiger partial charge >= 0.3 is 0 Å². The Morgan fingerprint density at radius 3 is 1.33 bits per heavy atom. The smallest absolute Gasteiger partial charge is 0.162 e. The molecule has 0 radical (unpaired) electrons. The predicted molar refractivity (Wildman–Crippen MR) is 131 cm³/mol. The summed E-state index contributed by atoms with van der Waals surface area (Å²) in [6, 6.07) is 42.9. The highest BCUT2D eigenvalue weighted by Crippen LogP contribution is 2.58. The van der Waals surface area contributed by atoms with Gasteiger partial charge in [0.25, 0.3) is 0 Å². The summed E-state index contributed by atoms with van der Waals surface area (Å²) in [5.74, 6) is 3.33. The second-order valence-corrected chi connectivity index (χ2v) is 10.3. The first-order valence-electron chi connectivity index (χ1n) is 10.3. The van der Waals surface area contributed by atoms with Crippen LogP contribution >= 0.6 is 7.26 Å². The van der Waals surface area contributed by atoms with Crippen molar-refractivity contribution in [3.63, 3.8) is 0 Å². The summed E-state index contributed by atoms with van der Waals surface area (Å²) in [7, 11) is -2.09. The van der Waals surface area contributed by atoms with Crippen molar-refractivity contribution in [2.75, 3.05) is 6.61 Å². The van der Waals surface area contributed by atoms with Crippen molar-refractivity contribution in [2.45, 2.75) is 6.92 Å². The molecule has 0 saturated carbocycles. The molecule has 4 aromatic rings. The van der Waals surface area contributed by atoms with Gasteiger partial charge in [-0.2, -0.15) is 0 Å². The summed E-state index contributed by atoms with van der Waals surface area (Å²) in [5, 5.41) is 3.95. The molecule has 4 rings (SSSR count). The highest BCUT2D eigenvalue weighted by Gasteiger charge is 2.44. The SMILES string of the molecule is CCO/C(=C/[P+](c1ccccc1)(c1ccccc1)c1ccccc1)c1ccccc1. The second-order valence-electron chi connectivity index (χ2n) is 7.02. The van der Waals surface area contributed by atoms with E-state index in [0.717, 1.165) is 11.3 Å². The molecule has 0 saturated heterocycles. The largest absolute Gasteiger partial charge is 0.490 e. The molecule has 0 aliphatic carbocycles. The third-order valence-electron chi connectivity index (χ3n) is 5.16. The van der Waals surface area contributed by atoms with Crippen LogP contribution in [0.4, 0.5) is 0 Å². The van der Waals surface area contributed by atoms with Gasteiger partial charge in [-0.15, -0.1) is 0 Å². The molecule has 0 unspecified atom stereocenters. The van der Waals surface area contributed by atoms with Crippen LogP contribution in [0.1, 0.15) is 12.5 Å². The quantitative estimate of drug-likeness (QED) is 0.268.